The van der Waals surface area contributed by atoms with Crippen LogP contribution in [0, 0.1) is 0 Å². The number of hydrogen-bond acceptors (Lipinski definition) is 2. The van der Waals surface area contributed by atoms with Crippen LogP contribution in [0.1, 0.15) is 19.4 Å². The fraction of sp³-hybridized carbons (Fsp3) is 0.214. The van der Waals surface area contributed by atoms with Crippen LogP contribution < -0.4 is 0 Å². The molecule has 0 radical (unpaired) electrons. The molecule has 0 saturated carbocycles. The van der Waals surface area contributed by atoms with E-state index in [1.54, 1.807) is 12.1 Å². The SMILES string of the molecule is CC(C)(C=O)c1cccc2ccc(O)cc12. The largest absolute Gasteiger partial charge is 0.508 e. The van der Waals surface area contributed by atoms with Crippen molar-refractivity contribution in [1.82, 2.24) is 0 Å². The van der Waals surface area contributed by atoms with Gasteiger partial charge in [0.25, 0.3) is 0 Å². The summed E-state index contributed by atoms with van der Waals surface area (Å²) in [5.41, 5.74) is 0.406. The molecule has 2 aromatic rings. The Kier molecular flexibility index (Phi) is 2.43. The number of fused-ring (bicyclic) bond motifs is 1. The van der Waals surface area contributed by atoms with Crippen molar-refractivity contribution < 1.29 is 9.90 Å². The molecule has 0 aromatic heterocycles. The number of phenols is 1. The molecule has 0 unspecified atom stereocenters. The normalized spacial score (nSPS) is 11.6. The van der Waals surface area contributed by atoms with Gasteiger partial charge in [-0.3, -0.25) is 0 Å². The minimum Gasteiger partial charge on any atom is -0.508 e. The summed E-state index contributed by atoms with van der Waals surface area (Å²) in [7, 11) is 0. The van der Waals surface area contributed by atoms with Crippen LogP contribution in [0.5, 0.6) is 5.75 Å². The van der Waals surface area contributed by atoms with Gasteiger partial charge in [-0.05, 0) is 42.3 Å². The summed E-state index contributed by atoms with van der Waals surface area (Å²) >= 11 is 0. The second-order valence-electron chi connectivity index (χ2n) is 4.55. The topological polar surface area (TPSA) is 37.3 Å². The summed E-state index contributed by atoms with van der Waals surface area (Å²) in [6.45, 7) is 3.75. The molecular weight excluding hydrogens is 200 g/mol. The van der Waals surface area contributed by atoms with Crippen LogP contribution in [-0.2, 0) is 10.2 Å². The van der Waals surface area contributed by atoms with E-state index in [0.717, 1.165) is 22.6 Å². The maximum absolute atomic E-state index is 11.1. The van der Waals surface area contributed by atoms with E-state index in [2.05, 4.69) is 0 Å². The van der Waals surface area contributed by atoms with E-state index in [4.69, 9.17) is 0 Å². The van der Waals surface area contributed by atoms with Gasteiger partial charge in [0.1, 0.15) is 12.0 Å². The van der Waals surface area contributed by atoms with Gasteiger partial charge in [-0.1, -0.05) is 24.3 Å². The zero-order valence-corrected chi connectivity index (χ0v) is 9.40. The quantitative estimate of drug-likeness (QED) is 0.780. The lowest BCUT2D eigenvalue weighted by atomic mass is 9.83. The lowest BCUT2D eigenvalue weighted by molar-refractivity contribution is -0.111. The van der Waals surface area contributed by atoms with Gasteiger partial charge in [0.2, 0.25) is 0 Å². The van der Waals surface area contributed by atoms with Gasteiger partial charge in [-0.2, -0.15) is 0 Å². The van der Waals surface area contributed by atoms with E-state index in [0.29, 0.717) is 0 Å². The average Bonchev–Trinajstić information content (AvgIpc) is 2.28. The number of carbonyl (C=O) groups excluding carboxylic acids is 1. The summed E-state index contributed by atoms with van der Waals surface area (Å²) in [5, 5.41) is 11.5. The maximum atomic E-state index is 11.1. The Morgan fingerprint density at radius 3 is 2.62 bits per heavy atom. The third-order valence-corrected chi connectivity index (χ3v) is 2.85. The summed E-state index contributed by atoms with van der Waals surface area (Å²) in [6, 6.07) is 11.0. The lowest BCUT2D eigenvalue weighted by Crippen LogP contribution is -2.18. The average molecular weight is 214 g/mol. The first-order valence-corrected chi connectivity index (χ1v) is 5.23. The molecule has 2 rings (SSSR count). The van der Waals surface area contributed by atoms with Crippen LogP contribution in [-0.4, -0.2) is 11.4 Å². The van der Waals surface area contributed by atoms with E-state index < -0.39 is 5.41 Å². The van der Waals surface area contributed by atoms with E-state index in [9.17, 15) is 9.90 Å². The highest BCUT2D eigenvalue weighted by Crippen LogP contribution is 2.30. The highest BCUT2D eigenvalue weighted by Gasteiger charge is 2.21. The Bertz CT molecular complexity index is 541. The number of benzene rings is 2. The molecule has 0 aliphatic heterocycles. The Balaban J connectivity index is 2.79. The molecule has 0 aliphatic carbocycles. The molecule has 0 heterocycles. The van der Waals surface area contributed by atoms with Crippen molar-refractivity contribution in [3.8, 4) is 5.75 Å². The number of aromatic hydroxyl groups is 1. The van der Waals surface area contributed by atoms with Gasteiger partial charge in [-0.15, -0.1) is 0 Å². The fourth-order valence-corrected chi connectivity index (χ4v) is 1.89. The Labute approximate surface area is 94.5 Å². The van der Waals surface area contributed by atoms with Crippen LogP contribution in [0.4, 0.5) is 0 Å². The number of carbonyl (C=O) groups is 1. The highest BCUT2D eigenvalue weighted by molar-refractivity contribution is 5.90. The molecule has 2 heteroatoms. The van der Waals surface area contributed by atoms with E-state index >= 15 is 0 Å². The van der Waals surface area contributed by atoms with Crippen LogP contribution in [0.2, 0.25) is 0 Å². The molecule has 0 aliphatic rings. The number of phenolic OH excluding ortho intramolecular Hbond substituents is 1. The van der Waals surface area contributed by atoms with Crippen LogP contribution in [0.25, 0.3) is 10.8 Å². The van der Waals surface area contributed by atoms with Gasteiger partial charge in [-0.25, -0.2) is 0 Å². The molecule has 0 spiro atoms. The van der Waals surface area contributed by atoms with Crippen LogP contribution in [0.15, 0.2) is 36.4 Å². The predicted molar refractivity (Wildman–Crippen MR) is 64.7 cm³/mol. The number of hydrogen-bond donors (Lipinski definition) is 1. The molecular formula is C14H14O2. The van der Waals surface area contributed by atoms with Crippen molar-refractivity contribution in [2.45, 2.75) is 19.3 Å². The van der Waals surface area contributed by atoms with E-state index in [1.165, 1.54) is 0 Å². The molecule has 1 N–H and O–H groups in total. The zero-order chi connectivity index (χ0) is 11.8. The molecule has 0 bridgehead atoms. The molecule has 0 saturated heterocycles. The second-order valence-corrected chi connectivity index (χ2v) is 4.55. The van der Waals surface area contributed by atoms with Gasteiger partial charge >= 0.3 is 0 Å². The summed E-state index contributed by atoms with van der Waals surface area (Å²) in [6.07, 6.45) is 0.936. The van der Waals surface area contributed by atoms with Crippen molar-refractivity contribution in [2.24, 2.45) is 0 Å². The maximum Gasteiger partial charge on any atom is 0.129 e. The minimum atomic E-state index is -0.534. The molecule has 0 atom stereocenters. The molecule has 16 heavy (non-hydrogen) atoms. The first kappa shape index (κ1) is 10.7. The first-order chi connectivity index (χ1) is 7.54. The minimum absolute atomic E-state index is 0.224. The van der Waals surface area contributed by atoms with Crippen molar-refractivity contribution in [1.29, 1.82) is 0 Å². The number of rotatable bonds is 2. The summed E-state index contributed by atoms with van der Waals surface area (Å²) in [5.74, 6) is 0.224. The lowest BCUT2D eigenvalue weighted by Gasteiger charge is -2.19. The molecule has 0 fully saturated rings. The van der Waals surface area contributed by atoms with Crippen molar-refractivity contribution in [2.75, 3.05) is 0 Å². The molecule has 2 aromatic carbocycles. The first-order valence-electron chi connectivity index (χ1n) is 5.23. The highest BCUT2D eigenvalue weighted by atomic mass is 16.3. The molecule has 2 nitrogen and oxygen atoms in total. The fourth-order valence-electron chi connectivity index (χ4n) is 1.89. The van der Waals surface area contributed by atoms with Gasteiger partial charge in [0.05, 0.1) is 0 Å². The van der Waals surface area contributed by atoms with E-state index in [1.807, 2.05) is 38.1 Å². The van der Waals surface area contributed by atoms with Crippen molar-refractivity contribution in [3.05, 3.63) is 42.0 Å². The predicted octanol–water partition coefficient (Wildman–Crippen LogP) is 3.02. The van der Waals surface area contributed by atoms with Crippen LogP contribution >= 0.6 is 0 Å². The molecule has 0 amide bonds. The second kappa shape index (κ2) is 3.63. The third-order valence-electron chi connectivity index (χ3n) is 2.85. The Morgan fingerprint density at radius 1 is 1.19 bits per heavy atom. The Morgan fingerprint density at radius 2 is 1.94 bits per heavy atom. The Hall–Kier alpha value is -1.83. The third kappa shape index (κ3) is 1.67. The van der Waals surface area contributed by atoms with Gasteiger partial charge in [0, 0.05) is 5.41 Å². The van der Waals surface area contributed by atoms with Crippen molar-refractivity contribution >= 4 is 17.1 Å². The summed E-state index contributed by atoms with van der Waals surface area (Å²) in [4.78, 5) is 11.1. The summed E-state index contributed by atoms with van der Waals surface area (Å²) < 4.78 is 0. The van der Waals surface area contributed by atoms with Crippen LogP contribution in [0.3, 0.4) is 0 Å². The van der Waals surface area contributed by atoms with E-state index in [-0.39, 0.29) is 5.75 Å². The number of aldehydes is 1. The monoisotopic (exact) mass is 214 g/mol. The van der Waals surface area contributed by atoms with Gasteiger partial charge < -0.3 is 9.90 Å². The molecule has 82 valence electrons. The standard InChI is InChI=1S/C14H14O2/c1-14(2,9-15)13-5-3-4-10-6-7-11(16)8-12(10)13/h3-9,16H,1-2H3. The smallest absolute Gasteiger partial charge is 0.129 e. The van der Waals surface area contributed by atoms with Gasteiger partial charge in [0.15, 0.2) is 0 Å². The zero-order valence-electron chi connectivity index (χ0n) is 9.40. The van der Waals surface area contributed by atoms with Crippen molar-refractivity contribution in [3.63, 3.8) is 0 Å².